The Kier molecular flexibility index (Phi) is 1.44. The topological polar surface area (TPSA) is 60.2 Å². The van der Waals surface area contributed by atoms with Crippen molar-refractivity contribution in [3.05, 3.63) is 0 Å². The van der Waals surface area contributed by atoms with E-state index in [1.807, 2.05) is 13.8 Å². The summed E-state index contributed by atoms with van der Waals surface area (Å²) in [4.78, 5) is 23.1. The molecule has 0 aliphatic heterocycles. The van der Waals surface area contributed by atoms with Crippen LogP contribution < -0.4 is 5.73 Å². The highest BCUT2D eigenvalue weighted by Gasteiger charge is 2.67. The Balaban J connectivity index is 2.55. The lowest BCUT2D eigenvalue weighted by Crippen LogP contribution is -2.47. The molecule has 13 heavy (non-hydrogen) atoms. The van der Waals surface area contributed by atoms with Crippen LogP contribution in [0.2, 0.25) is 0 Å². The summed E-state index contributed by atoms with van der Waals surface area (Å²) in [5.41, 5.74) is 4.33. The molecule has 2 N–H and O–H groups in total. The molecule has 2 aliphatic rings. The average molecular weight is 181 g/mol. The Bertz CT molecular complexity index is 295. The van der Waals surface area contributed by atoms with Crippen LogP contribution in [-0.4, -0.2) is 11.7 Å². The molecule has 0 saturated heterocycles. The molecule has 3 nitrogen and oxygen atoms in total. The third-order valence-corrected chi connectivity index (χ3v) is 4.32. The first kappa shape index (κ1) is 8.73. The molecule has 0 radical (unpaired) electrons. The Morgan fingerprint density at radius 2 is 2.15 bits per heavy atom. The summed E-state index contributed by atoms with van der Waals surface area (Å²) in [6.45, 7) is 4.00. The maximum absolute atomic E-state index is 11.7. The van der Waals surface area contributed by atoms with Crippen molar-refractivity contribution in [1.82, 2.24) is 0 Å². The number of hydrogen-bond donors (Lipinski definition) is 1. The van der Waals surface area contributed by atoms with Gasteiger partial charge in [0.2, 0.25) is 5.91 Å². The van der Waals surface area contributed by atoms with Gasteiger partial charge in [0.15, 0.2) is 0 Å². The van der Waals surface area contributed by atoms with Crippen LogP contribution in [0.5, 0.6) is 0 Å². The van der Waals surface area contributed by atoms with Crippen molar-refractivity contribution < 1.29 is 9.59 Å². The van der Waals surface area contributed by atoms with Crippen LogP contribution in [0.1, 0.15) is 33.1 Å². The van der Waals surface area contributed by atoms with Gasteiger partial charge in [-0.1, -0.05) is 13.8 Å². The maximum atomic E-state index is 11.7. The van der Waals surface area contributed by atoms with E-state index >= 15 is 0 Å². The van der Waals surface area contributed by atoms with Gasteiger partial charge in [-0.25, -0.2) is 0 Å². The van der Waals surface area contributed by atoms with Crippen molar-refractivity contribution in [3.63, 3.8) is 0 Å². The van der Waals surface area contributed by atoms with E-state index in [9.17, 15) is 9.59 Å². The van der Waals surface area contributed by atoms with Gasteiger partial charge in [0.1, 0.15) is 11.2 Å². The minimum absolute atomic E-state index is 0.0706. The highest BCUT2D eigenvalue weighted by atomic mass is 16.2. The lowest BCUT2D eigenvalue weighted by molar-refractivity contribution is -0.142. The van der Waals surface area contributed by atoms with E-state index in [4.69, 9.17) is 5.73 Å². The van der Waals surface area contributed by atoms with E-state index < -0.39 is 11.3 Å². The fourth-order valence-electron chi connectivity index (χ4n) is 3.25. The van der Waals surface area contributed by atoms with E-state index in [2.05, 4.69) is 0 Å². The number of primary amides is 1. The first-order valence-corrected chi connectivity index (χ1v) is 4.76. The lowest BCUT2D eigenvalue weighted by Gasteiger charge is -2.33. The summed E-state index contributed by atoms with van der Waals surface area (Å²) in [7, 11) is 0. The summed E-state index contributed by atoms with van der Waals surface area (Å²) >= 11 is 0. The molecule has 2 atom stereocenters. The van der Waals surface area contributed by atoms with Gasteiger partial charge in [0.05, 0.1) is 0 Å². The predicted octanol–water partition coefficient (Wildman–Crippen LogP) is 0.867. The number of carbonyl (C=O) groups excluding carboxylic acids is 2. The number of nitrogens with two attached hydrogens (primary N) is 1. The predicted molar refractivity (Wildman–Crippen MR) is 47.8 cm³/mol. The Hall–Kier alpha value is -0.860. The zero-order chi connectivity index (χ0) is 9.85. The zero-order valence-corrected chi connectivity index (χ0v) is 8.09. The molecule has 1 amide bonds. The number of carbonyl (C=O) groups is 2. The van der Waals surface area contributed by atoms with Gasteiger partial charge in [-0.15, -0.1) is 0 Å². The molecule has 0 spiro atoms. The molecule has 72 valence electrons. The van der Waals surface area contributed by atoms with Crippen LogP contribution in [0.4, 0.5) is 0 Å². The molecule has 2 bridgehead atoms. The highest BCUT2D eigenvalue weighted by Crippen LogP contribution is 2.63. The second-order valence-electron chi connectivity index (χ2n) is 4.85. The molecular weight excluding hydrogens is 166 g/mol. The fourth-order valence-corrected chi connectivity index (χ4v) is 3.25. The molecule has 3 heteroatoms. The zero-order valence-electron chi connectivity index (χ0n) is 8.09. The van der Waals surface area contributed by atoms with Gasteiger partial charge in [-0.05, 0) is 24.2 Å². The fraction of sp³-hybridized carbons (Fsp3) is 0.800. The molecule has 2 fully saturated rings. The van der Waals surface area contributed by atoms with E-state index in [-0.39, 0.29) is 11.2 Å². The van der Waals surface area contributed by atoms with Crippen LogP contribution in [-0.2, 0) is 9.59 Å². The number of ketones is 1. The molecule has 2 aliphatic carbocycles. The average Bonchev–Trinajstić information content (AvgIpc) is 2.35. The quantitative estimate of drug-likeness (QED) is 0.610. The van der Waals surface area contributed by atoms with E-state index in [0.717, 1.165) is 6.42 Å². The molecule has 2 saturated carbocycles. The van der Waals surface area contributed by atoms with Gasteiger partial charge in [-0.3, -0.25) is 9.59 Å². The first-order chi connectivity index (χ1) is 5.93. The van der Waals surface area contributed by atoms with Gasteiger partial charge >= 0.3 is 0 Å². The Labute approximate surface area is 77.7 Å². The highest BCUT2D eigenvalue weighted by molar-refractivity contribution is 6.08. The molecule has 0 unspecified atom stereocenters. The van der Waals surface area contributed by atoms with Crippen LogP contribution in [0.25, 0.3) is 0 Å². The van der Waals surface area contributed by atoms with Gasteiger partial charge in [0.25, 0.3) is 0 Å². The summed E-state index contributed by atoms with van der Waals surface area (Å²) in [6.07, 6.45) is 2.19. The van der Waals surface area contributed by atoms with Crippen molar-refractivity contribution in [1.29, 1.82) is 0 Å². The summed E-state index contributed by atoms with van der Waals surface area (Å²) < 4.78 is 0. The monoisotopic (exact) mass is 181 g/mol. The Morgan fingerprint density at radius 3 is 2.38 bits per heavy atom. The number of hydrogen-bond acceptors (Lipinski definition) is 2. The first-order valence-electron chi connectivity index (χ1n) is 4.76. The molecule has 0 heterocycles. The van der Waals surface area contributed by atoms with Gasteiger partial charge < -0.3 is 5.73 Å². The molecule has 0 aromatic rings. The number of amides is 1. The number of fused-ring (bicyclic) bond motifs is 2. The number of rotatable bonds is 1. The third-order valence-electron chi connectivity index (χ3n) is 4.32. The Morgan fingerprint density at radius 1 is 1.54 bits per heavy atom. The van der Waals surface area contributed by atoms with Crippen LogP contribution in [0.3, 0.4) is 0 Å². The van der Waals surface area contributed by atoms with Crippen LogP contribution in [0.15, 0.2) is 0 Å². The third kappa shape index (κ3) is 0.713. The van der Waals surface area contributed by atoms with E-state index in [1.165, 1.54) is 0 Å². The smallest absolute Gasteiger partial charge is 0.231 e. The molecule has 0 aromatic carbocycles. The SMILES string of the molecule is CC1(C)[C@@H]2CC[C@@]1(C(N)=O)C(=O)C2. The minimum Gasteiger partial charge on any atom is -0.369 e. The van der Waals surface area contributed by atoms with Crippen molar-refractivity contribution in [2.45, 2.75) is 33.1 Å². The molecule has 2 rings (SSSR count). The van der Waals surface area contributed by atoms with E-state index in [0.29, 0.717) is 18.8 Å². The van der Waals surface area contributed by atoms with Crippen molar-refractivity contribution in [2.75, 3.05) is 0 Å². The van der Waals surface area contributed by atoms with Crippen molar-refractivity contribution >= 4 is 11.7 Å². The van der Waals surface area contributed by atoms with Crippen molar-refractivity contribution in [3.8, 4) is 0 Å². The minimum atomic E-state index is -0.836. The summed E-state index contributed by atoms with van der Waals surface area (Å²) in [5.74, 6) is 0.0243. The van der Waals surface area contributed by atoms with E-state index in [1.54, 1.807) is 0 Å². The van der Waals surface area contributed by atoms with Crippen molar-refractivity contribution in [2.24, 2.45) is 22.5 Å². The lowest BCUT2D eigenvalue weighted by atomic mass is 9.68. The second-order valence-corrected chi connectivity index (χ2v) is 4.85. The second kappa shape index (κ2) is 2.14. The summed E-state index contributed by atoms with van der Waals surface area (Å²) in [6, 6.07) is 0. The standard InChI is InChI=1S/C10H15NO2/c1-9(2)6-3-4-10(9,8(11)13)7(12)5-6/h6H,3-5H2,1-2H3,(H2,11,13)/t6-,10+/m1/s1. The normalized spacial score (nSPS) is 41.1. The van der Waals surface area contributed by atoms with Gasteiger partial charge in [0, 0.05) is 6.42 Å². The van der Waals surface area contributed by atoms with Gasteiger partial charge in [-0.2, -0.15) is 0 Å². The molecular formula is C10H15NO2. The van der Waals surface area contributed by atoms with Crippen LogP contribution in [0, 0.1) is 16.7 Å². The van der Waals surface area contributed by atoms with Crippen LogP contribution >= 0.6 is 0 Å². The largest absolute Gasteiger partial charge is 0.369 e. The number of Topliss-reactive ketones (excluding diaryl/α,β-unsaturated/α-hetero) is 1. The molecule has 0 aromatic heterocycles. The maximum Gasteiger partial charge on any atom is 0.231 e. The summed E-state index contributed by atoms with van der Waals surface area (Å²) in [5, 5.41) is 0.